The Bertz CT molecular complexity index is 1210. The van der Waals surface area contributed by atoms with E-state index < -0.39 is 40.6 Å². The van der Waals surface area contributed by atoms with Crippen LogP contribution in [0.5, 0.6) is 11.5 Å². The van der Waals surface area contributed by atoms with E-state index >= 15 is 0 Å². The molecule has 0 bridgehead atoms. The van der Waals surface area contributed by atoms with Crippen LogP contribution in [0.3, 0.4) is 0 Å². The van der Waals surface area contributed by atoms with E-state index in [2.05, 4.69) is 0 Å². The molecular formula is C21H15F6NO4. The van der Waals surface area contributed by atoms with Crippen LogP contribution in [0.15, 0.2) is 47.4 Å². The van der Waals surface area contributed by atoms with E-state index in [0.717, 1.165) is 6.07 Å². The summed E-state index contributed by atoms with van der Waals surface area (Å²) in [4.78, 5) is 24.7. The number of carbonyl (C=O) groups excluding carboxylic acids is 1. The highest BCUT2D eigenvalue weighted by Gasteiger charge is 2.37. The van der Waals surface area contributed by atoms with Crippen LogP contribution >= 0.6 is 0 Å². The van der Waals surface area contributed by atoms with Crippen molar-refractivity contribution in [2.75, 3.05) is 6.61 Å². The summed E-state index contributed by atoms with van der Waals surface area (Å²) in [5, 5.41) is -0.0291. The summed E-state index contributed by atoms with van der Waals surface area (Å²) >= 11 is 0. The molecule has 32 heavy (non-hydrogen) atoms. The van der Waals surface area contributed by atoms with Gasteiger partial charge in [0.05, 0.1) is 28.6 Å². The molecule has 0 radical (unpaired) electrons. The van der Waals surface area contributed by atoms with Crippen molar-refractivity contribution in [3.8, 4) is 11.5 Å². The molecule has 0 atom stereocenters. The maximum atomic E-state index is 13.1. The van der Waals surface area contributed by atoms with Crippen molar-refractivity contribution in [2.45, 2.75) is 19.3 Å². The first-order valence-electron chi connectivity index (χ1n) is 9.09. The molecule has 0 amide bonds. The zero-order valence-electron chi connectivity index (χ0n) is 16.6. The molecule has 170 valence electrons. The van der Waals surface area contributed by atoms with Gasteiger partial charge in [-0.3, -0.25) is 4.79 Å². The third-order valence-electron chi connectivity index (χ3n) is 4.45. The molecule has 3 aromatic rings. The Morgan fingerprint density at radius 1 is 0.938 bits per heavy atom. The number of nitrogens with zero attached hydrogens (tertiary/aromatic N) is 1. The number of benzene rings is 2. The monoisotopic (exact) mass is 459 g/mol. The fourth-order valence-corrected chi connectivity index (χ4v) is 3.01. The Kier molecular flexibility index (Phi) is 5.94. The lowest BCUT2D eigenvalue weighted by Gasteiger charge is -2.15. The van der Waals surface area contributed by atoms with Crippen molar-refractivity contribution in [1.29, 1.82) is 0 Å². The van der Waals surface area contributed by atoms with Crippen LogP contribution in [0.4, 0.5) is 26.3 Å². The first kappa shape index (κ1) is 23.2. The van der Waals surface area contributed by atoms with Crippen LogP contribution in [0.25, 0.3) is 10.9 Å². The van der Waals surface area contributed by atoms with Crippen molar-refractivity contribution in [2.24, 2.45) is 7.05 Å². The van der Waals surface area contributed by atoms with Crippen LogP contribution in [-0.2, 0) is 24.1 Å². The molecule has 5 nitrogen and oxygen atoms in total. The number of halogens is 6. The molecule has 0 unspecified atom stereocenters. The third kappa shape index (κ3) is 4.71. The van der Waals surface area contributed by atoms with Gasteiger partial charge in [0.15, 0.2) is 0 Å². The first-order valence-corrected chi connectivity index (χ1v) is 9.09. The highest BCUT2D eigenvalue weighted by Crippen LogP contribution is 2.39. The quantitative estimate of drug-likeness (QED) is 0.380. The van der Waals surface area contributed by atoms with Crippen molar-refractivity contribution in [3.63, 3.8) is 0 Å². The fraction of sp³-hybridized carbons (Fsp3) is 0.238. The maximum Gasteiger partial charge on any atom is 0.416 e. The number of carbonyl (C=O) groups is 1. The average Bonchev–Trinajstić information content (AvgIpc) is 2.69. The van der Waals surface area contributed by atoms with E-state index in [0.29, 0.717) is 17.6 Å². The van der Waals surface area contributed by atoms with Crippen molar-refractivity contribution >= 4 is 16.9 Å². The zero-order chi connectivity index (χ0) is 23.8. The summed E-state index contributed by atoms with van der Waals surface area (Å²) in [6.45, 7) is 1.58. The van der Waals surface area contributed by atoms with E-state index in [4.69, 9.17) is 9.47 Å². The fourth-order valence-electron chi connectivity index (χ4n) is 3.01. The lowest BCUT2D eigenvalue weighted by Crippen LogP contribution is -2.20. The summed E-state index contributed by atoms with van der Waals surface area (Å²) in [5.41, 5.74) is -3.72. The average molecular weight is 459 g/mol. The number of ether oxygens (including phenoxy) is 2. The van der Waals surface area contributed by atoms with Gasteiger partial charge in [0.2, 0.25) is 5.43 Å². The van der Waals surface area contributed by atoms with Crippen LogP contribution in [-0.4, -0.2) is 17.1 Å². The van der Waals surface area contributed by atoms with E-state index in [1.165, 1.54) is 22.9 Å². The molecule has 0 fully saturated rings. The van der Waals surface area contributed by atoms with Crippen LogP contribution in [0.1, 0.15) is 28.4 Å². The Morgan fingerprint density at radius 3 is 2.06 bits per heavy atom. The lowest BCUT2D eigenvalue weighted by molar-refractivity contribution is -0.143. The SMILES string of the molecule is CCOC(=O)c1cn(C)c2ccc(Oc3cc(C(F)(F)F)cc(C(F)(F)F)c3)cc2c1=O. The highest BCUT2D eigenvalue weighted by atomic mass is 19.4. The molecule has 0 aliphatic heterocycles. The molecule has 1 heterocycles. The lowest BCUT2D eigenvalue weighted by atomic mass is 10.1. The number of alkyl halides is 6. The van der Waals surface area contributed by atoms with Gasteiger partial charge >= 0.3 is 18.3 Å². The molecule has 0 spiro atoms. The van der Waals surface area contributed by atoms with Crippen molar-refractivity contribution in [1.82, 2.24) is 4.57 Å². The predicted octanol–water partition coefficient (Wildman–Crippen LogP) is 5.55. The Morgan fingerprint density at radius 2 is 1.53 bits per heavy atom. The standard InChI is InChI=1S/C21H15F6NO4/c1-3-31-19(30)16-10-28(2)17-5-4-13(9-15(17)18(16)29)32-14-7-11(20(22,23)24)6-12(8-14)21(25,26)27/h4-10H,3H2,1-2H3. The van der Waals surface area contributed by atoms with Crippen LogP contribution in [0, 0.1) is 0 Å². The molecule has 0 saturated heterocycles. The summed E-state index contributed by atoms with van der Waals surface area (Å²) in [6.07, 6.45) is -8.80. The highest BCUT2D eigenvalue weighted by molar-refractivity contribution is 5.94. The first-order chi connectivity index (χ1) is 14.8. The van der Waals surface area contributed by atoms with Gasteiger partial charge in [0, 0.05) is 13.2 Å². The van der Waals surface area contributed by atoms with Gasteiger partial charge in [-0.15, -0.1) is 0 Å². The van der Waals surface area contributed by atoms with Crippen LogP contribution < -0.4 is 10.2 Å². The van der Waals surface area contributed by atoms with Crippen LogP contribution in [0.2, 0.25) is 0 Å². The molecule has 0 aliphatic rings. The second-order valence-electron chi connectivity index (χ2n) is 6.73. The number of fused-ring (bicyclic) bond motifs is 1. The smallest absolute Gasteiger partial charge is 0.416 e. The van der Waals surface area contributed by atoms with Gasteiger partial charge in [0.25, 0.3) is 0 Å². The number of aromatic nitrogens is 1. The topological polar surface area (TPSA) is 57.5 Å². The second kappa shape index (κ2) is 8.21. The molecule has 0 aliphatic carbocycles. The third-order valence-corrected chi connectivity index (χ3v) is 4.45. The minimum atomic E-state index is -5.03. The van der Waals surface area contributed by atoms with Gasteiger partial charge < -0.3 is 14.0 Å². The van der Waals surface area contributed by atoms with Gasteiger partial charge in [-0.25, -0.2) is 4.79 Å². The molecule has 11 heteroatoms. The minimum Gasteiger partial charge on any atom is -0.462 e. The number of pyridine rings is 1. The van der Waals surface area contributed by atoms with E-state index in [1.807, 2.05) is 0 Å². The van der Waals surface area contributed by atoms with Gasteiger partial charge in [-0.05, 0) is 43.3 Å². The number of aryl methyl sites for hydroxylation is 1. The second-order valence-corrected chi connectivity index (χ2v) is 6.73. The summed E-state index contributed by atoms with van der Waals surface area (Å²) in [7, 11) is 1.55. The largest absolute Gasteiger partial charge is 0.462 e. The van der Waals surface area contributed by atoms with Gasteiger partial charge in [0.1, 0.15) is 17.1 Å². The number of hydrogen-bond acceptors (Lipinski definition) is 4. The molecule has 2 aromatic carbocycles. The number of hydrogen-bond donors (Lipinski definition) is 0. The summed E-state index contributed by atoms with van der Waals surface area (Å²) in [6, 6.07) is 4.63. The van der Waals surface area contributed by atoms with E-state index in [9.17, 15) is 35.9 Å². The summed E-state index contributed by atoms with van der Waals surface area (Å²) < 4.78 is 89.8. The summed E-state index contributed by atoms with van der Waals surface area (Å²) in [5.74, 6) is -1.78. The molecule has 0 saturated carbocycles. The Balaban J connectivity index is 2.11. The normalized spacial score (nSPS) is 12.1. The minimum absolute atomic E-state index is 0.0192. The van der Waals surface area contributed by atoms with Crippen molar-refractivity contribution < 1.29 is 40.6 Å². The van der Waals surface area contributed by atoms with E-state index in [-0.39, 0.29) is 29.4 Å². The van der Waals surface area contributed by atoms with Gasteiger partial charge in [-0.1, -0.05) is 0 Å². The Hall–Kier alpha value is -3.50. The maximum absolute atomic E-state index is 13.1. The van der Waals surface area contributed by atoms with Gasteiger partial charge in [-0.2, -0.15) is 26.3 Å². The molecule has 0 N–H and O–H groups in total. The number of esters is 1. The predicted molar refractivity (Wildman–Crippen MR) is 102 cm³/mol. The zero-order valence-corrected chi connectivity index (χ0v) is 16.6. The van der Waals surface area contributed by atoms with E-state index in [1.54, 1.807) is 14.0 Å². The van der Waals surface area contributed by atoms with Crippen molar-refractivity contribution in [3.05, 3.63) is 69.5 Å². The molecule has 1 aromatic heterocycles. The number of rotatable bonds is 4. The molecular weight excluding hydrogens is 444 g/mol. The Labute approximate surface area is 176 Å². The molecule has 3 rings (SSSR count).